The van der Waals surface area contributed by atoms with Crippen LogP contribution in [0.1, 0.15) is 67.2 Å². The van der Waals surface area contributed by atoms with Crippen molar-refractivity contribution in [1.29, 1.82) is 0 Å². The van der Waals surface area contributed by atoms with E-state index in [9.17, 15) is 0 Å². The van der Waals surface area contributed by atoms with Gasteiger partial charge in [-0.15, -0.1) is 0 Å². The number of rotatable bonds is 6. The van der Waals surface area contributed by atoms with Crippen LogP contribution in [0.25, 0.3) is 0 Å². The molecule has 2 nitrogen and oxygen atoms in total. The largest absolute Gasteiger partial charge is 0.351 e. The van der Waals surface area contributed by atoms with Crippen molar-refractivity contribution in [2.24, 2.45) is 10.8 Å². The molecule has 0 amide bonds. The number of hydrogen-bond acceptors (Lipinski definition) is 2. The third-order valence-electron chi connectivity index (χ3n) is 5.84. The van der Waals surface area contributed by atoms with Crippen molar-refractivity contribution in [2.45, 2.75) is 67.2 Å². The van der Waals surface area contributed by atoms with Crippen molar-refractivity contribution in [3.63, 3.8) is 0 Å². The summed E-state index contributed by atoms with van der Waals surface area (Å²) < 4.78 is 11.1. The van der Waals surface area contributed by atoms with E-state index >= 15 is 0 Å². The van der Waals surface area contributed by atoms with Crippen LogP contribution in [0.5, 0.6) is 0 Å². The molecule has 125 valence electrons. The molecule has 0 aromatic rings. The zero-order chi connectivity index (χ0) is 16.6. The molecule has 0 spiro atoms. The molecule has 0 bridgehead atoms. The van der Waals surface area contributed by atoms with Gasteiger partial charge in [0.1, 0.15) is 6.79 Å². The van der Waals surface area contributed by atoms with Crippen molar-refractivity contribution < 1.29 is 9.47 Å². The second-order valence-corrected chi connectivity index (χ2v) is 6.86. The minimum Gasteiger partial charge on any atom is -0.351 e. The molecule has 0 fully saturated rings. The van der Waals surface area contributed by atoms with Crippen LogP contribution in [0.2, 0.25) is 0 Å². The van der Waals surface area contributed by atoms with Crippen LogP contribution in [-0.4, -0.2) is 27.3 Å². The molecule has 0 N–H and O–H groups in total. The summed E-state index contributed by atoms with van der Waals surface area (Å²) in [6.45, 7) is 15.5. The lowest BCUT2D eigenvalue weighted by Crippen LogP contribution is -2.29. The third kappa shape index (κ3) is 4.73. The first kappa shape index (κ1) is 19.5. The lowest BCUT2D eigenvalue weighted by molar-refractivity contribution is -0.0337. The molecule has 1 aliphatic rings. The highest BCUT2D eigenvalue weighted by atomic mass is 16.7. The van der Waals surface area contributed by atoms with E-state index in [1.165, 1.54) is 10.9 Å². The topological polar surface area (TPSA) is 18.5 Å². The molecule has 0 aromatic heterocycles. The lowest BCUT2D eigenvalue weighted by atomic mass is 9.47. The third-order valence-corrected chi connectivity index (χ3v) is 5.84. The summed E-state index contributed by atoms with van der Waals surface area (Å²) in [5.74, 6) is 0. The minimum atomic E-state index is 0.213. The Morgan fingerprint density at radius 3 is 1.50 bits per heavy atom. The Balaban J connectivity index is 3.17. The van der Waals surface area contributed by atoms with E-state index in [0.29, 0.717) is 20.0 Å². The number of ether oxygens (including phenoxy) is 2. The van der Waals surface area contributed by atoms with Crippen LogP contribution in [0, 0.1) is 10.8 Å². The maximum atomic E-state index is 5.55. The van der Waals surface area contributed by atoms with Gasteiger partial charge in [-0.2, -0.15) is 0 Å². The van der Waals surface area contributed by atoms with Crippen LogP contribution in [0.3, 0.4) is 0 Å². The SMILES string of the molecule is CCC(C)(CC)C1=CCOCOCC=C(C(C)(CC)CC)[B]1. The molecule has 0 aromatic carbocycles. The maximum absolute atomic E-state index is 5.55. The molecule has 22 heavy (non-hydrogen) atoms. The molecule has 3 heteroatoms. The molecule has 1 rings (SSSR count). The summed E-state index contributed by atoms with van der Waals surface area (Å²) >= 11 is 0. The predicted molar refractivity (Wildman–Crippen MR) is 96.1 cm³/mol. The van der Waals surface area contributed by atoms with Gasteiger partial charge in [-0.05, 0) is 36.5 Å². The Morgan fingerprint density at radius 2 is 1.18 bits per heavy atom. The van der Waals surface area contributed by atoms with Gasteiger partial charge in [0.2, 0.25) is 0 Å². The maximum Gasteiger partial charge on any atom is 0.181 e. The molecular weight excluding hydrogens is 271 g/mol. The Bertz CT molecular complexity index is 354. The van der Waals surface area contributed by atoms with Crippen molar-refractivity contribution in [3.8, 4) is 0 Å². The second-order valence-electron chi connectivity index (χ2n) is 6.86. The average molecular weight is 305 g/mol. The van der Waals surface area contributed by atoms with Gasteiger partial charge in [0, 0.05) is 0 Å². The van der Waals surface area contributed by atoms with Crippen molar-refractivity contribution >= 4 is 7.28 Å². The fourth-order valence-corrected chi connectivity index (χ4v) is 2.90. The molecule has 1 aliphatic heterocycles. The van der Waals surface area contributed by atoms with E-state index < -0.39 is 0 Å². The highest BCUT2D eigenvalue weighted by Crippen LogP contribution is 2.40. The first-order valence-corrected chi connectivity index (χ1v) is 8.87. The number of hydrogen-bond donors (Lipinski definition) is 0. The van der Waals surface area contributed by atoms with Gasteiger partial charge in [-0.25, -0.2) is 0 Å². The van der Waals surface area contributed by atoms with Crippen molar-refractivity contribution in [3.05, 3.63) is 23.1 Å². The van der Waals surface area contributed by atoms with Crippen molar-refractivity contribution in [1.82, 2.24) is 0 Å². The minimum absolute atomic E-state index is 0.213. The summed E-state index contributed by atoms with van der Waals surface area (Å²) in [4.78, 5) is 0. The molecule has 0 aliphatic carbocycles. The van der Waals surface area contributed by atoms with Gasteiger partial charge in [-0.3, -0.25) is 0 Å². The average Bonchev–Trinajstić information content (AvgIpc) is 2.57. The Labute approximate surface area is 138 Å². The fourth-order valence-electron chi connectivity index (χ4n) is 2.90. The smallest absolute Gasteiger partial charge is 0.181 e. The normalized spacial score (nSPS) is 18.3. The van der Waals surface area contributed by atoms with Gasteiger partial charge < -0.3 is 9.47 Å². The summed E-state index contributed by atoms with van der Waals surface area (Å²) in [5.41, 5.74) is 3.26. The summed E-state index contributed by atoms with van der Waals surface area (Å²) in [6, 6.07) is 0. The van der Waals surface area contributed by atoms with Gasteiger partial charge in [-0.1, -0.05) is 64.6 Å². The van der Waals surface area contributed by atoms with E-state index in [1.807, 2.05) is 0 Å². The van der Waals surface area contributed by atoms with Gasteiger partial charge >= 0.3 is 0 Å². The first-order valence-electron chi connectivity index (χ1n) is 8.87. The fraction of sp³-hybridized carbons (Fsp3) is 0.789. The van der Waals surface area contributed by atoms with Crippen LogP contribution < -0.4 is 0 Å². The molecule has 0 atom stereocenters. The molecule has 0 unspecified atom stereocenters. The molecule has 1 radical (unpaired) electrons. The molecule has 1 heterocycles. The molecule has 0 saturated heterocycles. The van der Waals surface area contributed by atoms with Crippen LogP contribution >= 0.6 is 0 Å². The first-order chi connectivity index (χ1) is 10.5. The zero-order valence-corrected chi connectivity index (χ0v) is 15.5. The summed E-state index contributed by atoms with van der Waals surface area (Å²) in [7, 11) is 2.41. The second kappa shape index (κ2) is 8.93. The van der Waals surface area contributed by atoms with Gasteiger partial charge in [0.15, 0.2) is 7.28 Å². The van der Waals surface area contributed by atoms with E-state index in [4.69, 9.17) is 9.47 Å². The van der Waals surface area contributed by atoms with Crippen LogP contribution in [0.15, 0.2) is 23.1 Å². The standard InChI is InChI=1S/C19H34BO2/c1-7-18(5,8-2)16-11-13-21-15-22-14-12-17(20-16)19(6,9-3)10-4/h11-12H,7-10,13-15H2,1-6H3. The molecule has 0 saturated carbocycles. The van der Waals surface area contributed by atoms with E-state index in [1.54, 1.807) is 0 Å². The summed E-state index contributed by atoms with van der Waals surface area (Å²) in [6.07, 6.45) is 9.08. The van der Waals surface area contributed by atoms with Crippen LogP contribution in [0.4, 0.5) is 0 Å². The van der Waals surface area contributed by atoms with E-state index in [-0.39, 0.29) is 10.8 Å². The van der Waals surface area contributed by atoms with Gasteiger partial charge in [0.05, 0.1) is 13.2 Å². The highest BCUT2D eigenvalue weighted by Gasteiger charge is 2.31. The Morgan fingerprint density at radius 1 is 0.818 bits per heavy atom. The lowest BCUT2D eigenvalue weighted by Gasteiger charge is -2.36. The zero-order valence-electron chi connectivity index (χ0n) is 15.5. The van der Waals surface area contributed by atoms with E-state index in [2.05, 4.69) is 61.0 Å². The Hall–Kier alpha value is -0.535. The van der Waals surface area contributed by atoms with Gasteiger partial charge in [0.25, 0.3) is 0 Å². The van der Waals surface area contributed by atoms with Crippen LogP contribution in [-0.2, 0) is 9.47 Å². The van der Waals surface area contributed by atoms with Crippen molar-refractivity contribution in [2.75, 3.05) is 20.0 Å². The molecular formula is C19H34BO2. The highest BCUT2D eigenvalue weighted by molar-refractivity contribution is 6.54. The monoisotopic (exact) mass is 305 g/mol. The Kier molecular flexibility index (Phi) is 7.92. The quantitative estimate of drug-likeness (QED) is 0.634. The predicted octanol–water partition coefficient (Wildman–Crippen LogP) is 5.12. The summed E-state index contributed by atoms with van der Waals surface area (Å²) in [5, 5.41) is 0. The number of allylic oxidation sites excluding steroid dienone is 2. The van der Waals surface area contributed by atoms with E-state index in [0.717, 1.165) is 25.7 Å².